The van der Waals surface area contributed by atoms with Gasteiger partial charge in [0.1, 0.15) is 0 Å². The number of imidazole rings is 1. The van der Waals surface area contributed by atoms with E-state index >= 15 is 0 Å². The number of carbonyl (C=O) groups is 1. The Morgan fingerprint density at radius 2 is 1.88 bits per heavy atom. The highest BCUT2D eigenvalue weighted by molar-refractivity contribution is 7.44. The highest BCUT2D eigenvalue weighted by Gasteiger charge is 2.28. The van der Waals surface area contributed by atoms with Gasteiger partial charge in [0.2, 0.25) is 11.9 Å². The maximum absolute atomic E-state index is 12.4. The summed E-state index contributed by atoms with van der Waals surface area (Å²) in [5.41, 5.74) is 0.148. The monoisotopic (exact) mass is 599 g/mol. The lowest BCUT2D eigenvalue weighted by atomic mass is 10.2. The molecule has 2 aromatic heterocycles. The van der Waals surface area contributed by atoms with Crippen molar-refractivity contribution in [3.8, 4) is 6.07 Å². The van der Waals surface area contributed by atoms with E-state index in [-0.39, 0.29) is 48.1 Å². The molecule has 14 nitrogen and oxygen atoms in total. The normalized spacial score (nSPS) is 13.0. The molecule has 0 saturated carbocycles. The van der Waals surface area contributed by atoms with Crippen LogP contribution in [0.15, 0.2) is 11.1 Å². The van der Waals surface area contributed by atoms with Gasteiger partial charge in [0.25, 0.3) is 14.1 Å². The maximum Gasteiger partial charge on any atom is 0.280 e. The number of H-pyrrole nitrogens is 1. The number of aliphatic hydroxyl groups excluding tert-OH is 1. The van der Waals surface area contributed by atoms with Crippen LogP contribution in [0.2, 0.25) is 0 Å². The van der Waals surface area contributed by atoms with E-state index in [0.717, 1.165) is 0 Å². The van der Waals surface area contributed by atoms with Crippen LogP contribution in [-0.2, 0) is 29.9 Å². The van der Waals surface area contributed by atoms with E-state index < -0.39 is 14.1 Å². The third-order valence-corrected chi connectivity index (χ3v) is 7.67. The molecule has 0 spiro atoms. The number of ether oxygens (including phenoxy) is 2. The second-order valence-electron chi connectivity index (χ2n) is 9.87. The number of amides is 1. The molecular weight excluding hydrogens is 553 g/mol. The van der Waals surface area contributed by atoms with Gasteiger partial charge in [-0.15, -0.1) is 0 Å². The van der Waals surface area contributed by atoms with Crippen LogP contribution in [-0.4, -0.2) is 94.0 Å². The number of nitrogens with zero attached hydrogens (tertiary/aromatic N) is 5. The highest BCUT2D eigenvalue weighted by Crippen LogP contribution is 2.46. The van der Waals surface area contributed by atoms with Crippen molar-refractivity contribution < 1.29 is 28.4 Å². The number of rotatable bonds is 17. The molecule has 0 aliphatic carbocycles. The van der Waals surface area contributed by atoms with Gasteiger partial charge in [0.05, 0.1) is 51.3 Å². The summed E-state index contributed by atoms with van der Waals surface area (Å²) in [6.07, 6.45) is 2.15. The summed E-state index contributed by atoms with van der Waals surface area (Å²) in [4.78, 5) is 35.6. The number of aromatic nitrogens is 4. The highest BCUT2D eigenvalue weighted by atomic mass is 31.2. The standard InChI is InChI=1S/C23H38N7O5P.C3H8O2/c1-15(2)21(31)27-23-26-20-19(22(32)28-23)25-14-29(20)11-9-18(33-7)13-35-36(34-12-8-10-24)30(16(3)4)17(5)6;1-5-3-2-4/h14-18H,8-9,11-13H2,1-7H3,(H2,26,27,28,31,32);4H,2-3H2,1H3. The van der Waals surface area contributed by atoms with Crippen LogP contribution < -0.4 is 10.9 Å². The zero-order valence-electron chi connectivity index (χ0n) is 25.4. The second kappa shape index (κ2) is 19.6. The Balaban J connectivity index is 0.00000154. The second-order valence-corrected chi connectivity index (χ2v) is 11.3. The van der Waals surface area contributed by atoms with E-state index in [2.05, 4.69) is 63.4 Å². The molecule has 0 aromatic carbocycles. The zero-order valence-corrected chi connectivity index (χ0v) is 26.3. The van der Waals surface area contributed by atoms with Crippen LogP contribution in [0.1, 0.15) is 54.4 Å². The molecule has 41 heavy (non-hydrogen) atoms. The summed E-state index contributed by atoms with van der Waals surface area (Å²) < 4.78 is 26.1. The lowest BCUT2D eigenvalue weighted by Gasteiger charge is -2.36. The summed E-state index contributed by atoms with van der Waals surface area (Å²) in [6.45, 7) is 13.5. The summed E-state index contributed by atoms with van der Waals surface area (Å²) in [7, 11) is 1.79. The fourth-order valence-electron chi connectivity index (χ4n) is 3.54. The Labute approximate surface area is 243 Å². The van der Waals surface area contributed by atoms with Crippen molar-refractivity contribution in [3.63, 3.8) is 0 Å². The molecule has 0 bridgehead atoms. The molecule has 3 N–H and O–H groups in total. The van der Waals surface area contributed by atoms with Gasteiger partial charge in [0, 0.05) is 38.8 Å². The van der Waals surface area contributed by atoms with E-state index in [1.807, 2.05) is 0 Å². The largest absolute Gasteiger partial charge is 0.394 e. The van der Waals surface area contributed by atoms with Crippen molar-refractivity contribution in [3.05, 3.63) is 16.7 Å². The minimum absolute atomic E-state index is 0.0854. The predicted octanol–water partition coefficient (Wildman–Crippen LogP) is 3.04. The average Bonchev–Trinajstić information content (AvgIpc) is 3.32. The number of nitrogens with one attached hydrogen (secondary N) is 2. The first-order valence-electron chi connectivity index (χ1n) is 13.6. The van der Waals surface area contributed by atoms with E-state index in [4.69, 9.17) is 24.2 Å². The van der Waals surface area contributed by atoms with Crippen LogP contribution in [0.25, 0.3) is 11.2 Å². The minimum atomic E-state index is -1.37. The quantitative estimate of drug-likeness (QED) is 0.180. The van der Waals surface area contributed by atoms with Crippen molar-refractivity contribution in [2.45, 2.75) is 79.1 Å². The zero-order chi connectivity index (χ0) is 30.9. The number of aryl methyl sites for hydroxylation is 1. The van der Waals surface area contributed by atoms with Gasteiger partial charge in [-0.3, -0.25) is 19.9 Å². The Kier molecular flexibility index (Phi) is 17.5. The maximum atomic E-state index is 12.4. The lowest BCUT2D eigenvalue weighted by Crippen LogP contribution is -2.34. The predicted molar refractivity (Wildman–Crippen MR) is 157 cm³/mol. The smallest absolute Gasteiger partial charge is 0.280 e. The summed E-state index contributed by atoms with van der Waals surface area (Å²) in [6, 6.07) is 2.50. The molecule has 0 fully saturated rings. The molecule has 1 amide bonds. The molecule has 15 heteroatoms. The first kappa shape index (κ1) is 36.5. The minimum Gasteiger partial charge on any atom is -0.394 e. The first-order valence-corrected chi connectivity index (χ1v) is 14.7. The fourth-order valence-corrected chi connectivity index (χ4v) is 5.18. The molecule has 0 aliphatic heterocycles. The summed E-state index contributed by atoms with van der Waals surface area (Å²) in [5, 5.41) is 19.4. The van der Waals surface area contributed by atoms with Crippen molar-refractivity contribution >= 4 is 31.5 Å². The average molecular weight is 600 g/mol. The molecule has 0 saturated heterocycles. The Bertz CT molecular complexity index is 1120. The van der Waals surface area contributed by atoms with Crippen LogP contribution in [0.3, 0.4) is 0 Å². The van der Waals surface area contributed by atoms with Crippen LogP contribution in [0.4, 0.5) is 5.95 Å². The van der Waals surface area contributed by atoms with Gasteiger partial charge in [-0.2, -0.15) is 10.2 Å². The number of aromatic amines is 1. The summed E-state index contributed by atoms with van der Waals surface area (Å²) >= 11 is 0. The number of methoxy groups -OCH3 is 2. The van der Waals surface area contributed by atoms with Gasteiger partial charge < -0.3 is 28.2 Å². The van der Waals surface area contributed by atoms with Gasteiger partial charge in [0.15, 0.2) is 11.2 Å². The molecule has 2 unspecified atom stereocenters. The van der Waals surface area contributed by atoms with Crippen LogP contribution in [0.5, 0.6) is 0 Å². The molecule has 2 aromatic rings. The Hall–Kier alpha value is -2.50. The topological polar surface area (TPSA) is 177 Å². The molecule has 2 atom stereocenters. The Morgan fingerprint density at radius 1 is 1.20 bits per heavy atom. The number of nitriles is 1. The first-order chi connectivity index (χ1) is 19.5. The van der Waals surface area contributed by atoms with Crippen LogP contribution in [0, 0.1) is 17.2 Å². The number of carbonyl (C=O) groups excluding carboxylic acids is 1. The molecular formula is C26H46N7O7P. The van der Waals surface area contributed by atoms with Crippen molar-refractivity contribution in [1.29, 1.82) is 5.26 Å². The molecule has 0 aliphatic rings. The molecule has 0 radical (unpaired) electrons. The number of fused-ring (bicyclic) bond motifs is 1. The third kappa shape index (κ3) is 12.5. The van der Waals surface area contributed by atoms with E-state index in [1.165, 1.54) is 0 Å². The van der Waals surface area contributed by atoms with Gasteiger partial charge in [-0.05, 0) is 34.1 Å². The van der Waals surface area contributed by atoms with E-state index in [0.29, 0.717) is 44.9 Å². The van der Waals surface area contributed by atoms with E-state index in [9.17, 15) is 9.59 Å². The SMILES string of the molecule is COC(CCn1cnc2c(=O)[nH]c(NC(=O)C(C)C)nc21)COP(OCCC#N)N(C(C)C)C(C)C.COCCO. The van der Waals surface area contributed by atoms with Crippen LogP contribution >= 0.6 is 8.53 Å². The van der Waals surface area contributed by atoms with Crippen molar-refractivity contribution in [2.24, 2.45) is 5.92 Å². The summed E-state index contributed by atoms with van der Waals surface area (Å²) in [5.74, 6) is -0.414. The van der Waals surface area contributed by atoms with Gasteiger partial charge >= 0.3 is 0 Å². The van der Waals surface area contributed by atoms with E-state index in [1.54, 1.807) is 39.0 Å². The molecule has 2 rings (SSSR count). The fraction of sp³-hybridized carbons (Fsp3) is 0.731. The number of aliphatic hydroxyl groups is 1. The number of hydrogen-bond donors (Lipinski definition) is 3. The molecule has 2 heterocycles. The van der Waals surface area contributed by atoms with Gasteiger partial charge in [-0.1, -0.05) is 13.8 Å². The van der Waals surface area contributed by atoms with Crippen molar-refractivity contribution in [2.75, 3.05) is 46.0 Å². The Morgan fingerprint density at radius 3 is 2.39 bits per heavy atom. The molecule has 232 valence electrons. The number of anilines is 1. The lowest BCUT2D eigenvalue weighted by molar-refractivity contribution is -0.118. The number of hydrogen-bond acceptors (Lipinski definition) is 11. The van der Waals surface area contributed by atoms with Crippen molar-refractivity contribution in [1.82, 2.24) is 24.2 Å². The third-order valence-electron chi connectivity index (χ3n) is 5.59. The van der Waals surface area contributed by atoms with Gasteiger partial charge in [-0.25, -0.2) is 9.65 Å².